The molecule has 3 amide bonds. The third-order valence-electron chi connectivity index (χ3n) is 3.35. The van der Waals surface area contributed by atoms with E-state index in [0.717, 1.165) is 5.69 Å². The zero-order valence-corrected chi connectivity index (χ0v) is 12.1. The molecule has 102 valence electrons. The summed E-state index contributed by atoms with van der Waals surface area (Å²) in [6.45, 7) is 9.17. The molecule has 4 heteroatoms. The van der Waals surface area contributed by atoms with Gasteiger partial charge in [0, 0.05) is 11.2 Å². The van der Waals surface area contributed by atoms with Gasteiger partial charge in [0.2, 0.25) is 0 Å². The summed E-state index contributed by atoms with van der Waals surface area (Å²) < 4.78 is 0. The van der Waals surface area contributed by atoms with Crippen molar-refractivity contribution in [3.8, 4) is 0 Å². The lowest BCUT2D eigenvalue weighted by Gasteiger charge is -2.29. The summed E-state index contributed by atoms with van der Waals surface area (Å²) in [7, 11) is 0. The maximum Gasteiger partial charge on any atom is 0.332 e. The second-order valence-electron chi connectivity index (χ2n) is 6.32. The quantitative estimate of drug-likeness (QED) is 0.728. The molecule has 1 heterocycles. The Balaban J connectivity index is 2.52. The van der Waals surface area contributed by atoms with Crippen LogP contribution in [0, 0.1) is 0 Å². The van der Waals surface area contributed by atoms with Gasteiger partial charge in [-0.25, -0.2) is 4.79 Å². The summed E-state index contributed by atoms with van der Waals surface area (Å²) >= 11 is 0. The van der Waals surface area contributed by atoms with Crippen LogP contribution in [0.4, 0.5) is 10.5 Å². The number of hydrogen-bond acceptors (Lipinski definition) is 2. The SMILES string of the molecule is CC(C)(C)N1C(=O)N(c2ccccc2)C(C)(C)C1=O. The molecule has 1 aliphatic rings. The first kappa shape index (κ1) is 13.6. The highest BCUT2D eigenvalue weighted by atomic mass is 16.2. The first-order valence-electron chi connectivity index (χ1n) is 6.41. The van der Waals surface area contributed by atoms with Crippen molar-refractivity contribution in [1.29, 1.82) is 0 Å². The van der Waals surface area contributed by atoms with E-state index in [1.54, 1.807) is 18.7 Å². The van der Waals surface area contributed by atoms with Gasteiger partial charge >= 0.3 is 6.03 Å². The Morgan fingerprint density at radius 1 is 1.00 bits per heavy atom. The molecule has 1 aromatic rings. The van der Waals surface area contributed by atoms with Crippen LogP contribution in [0.2, 0.25) is 0 Å². The highest BCUT2D eigenvalue weighted by Gasteiger charge is 2.55. The van der Waals surface area contributed by atoms with Crippen LogP contribution in [0.1, 0.15) is 34.6 Å². The van der Waals surface area contributed by atoms with Gasteiger partial charge in [0.05, 0.1) is 0 Å². The minimum Gasteiger partial charge on any atom is -0.279 e. The number of amides is 3. The summed E-state index contributed by atoms with van der Waals surface area (Å²) in [6.07, 6.45) is 0. The fraction of sp³-hybridized carbons (Fsp3) is 0.467. The van der Waals surface area contributed by atoms with Gasteiger partial charge in [-0.2, -0.15) is 0 Å². The fourth-order valence-corrected chi connectivity index (χ4v) is 2.40. The van der Waals surface area contributed by atoms with E-state index in [4.69, 9.17) is 0 Å². The Labute approximate surface area is 114 Å². The van der Waals surface area contributed by atoms with E-state index in [2.05, 4.69) is 0 Å². The normalized spacial score (nSPS) is 19.2. The van der Waals surface area contributed by atoms with Crippen LogP contribution in [-0.2, 0) is 4.79 Å². The molecule has 0 saturated carbocycles. The summed E-state index contributed by atoms with van der Waals surface area (Å²) in [6, 6.07) is 9.05. The molecule has 0 aromatic heterocycles. The zero-order chi connectivity index (χ0) is 14.4. The highest BCUT2D eigenvalue weighted by molar-refractivity contribution is 6.16. The monoisotopic (exact) mass is 260 g/mol. The van der Waals surface area contributed by atoms with E-state index in [1.165, 1.54) is 4.90 Å². The van der Waals surface area contributed by atoms with E-state index in [1.807, 2.05) is 51.1 Å². The largest absolute Gasteiger partial charge is 0.332 e. The van der Waals surface area contributed by atoms with Crippen LogP contribution in [-0.4, -0.2) is 27.9 Å². The molecule has 0 bridgehead atoms. The maximum atomic E-state index is 12.6. The summed E-state index contributed by atoms with van der Waals surface area (Å²) in [5.41, 5.74) is -0.627. The van der Waals surface area contributed by atoms with Crippen LogP contribution in [0.25, 0.3) is 0 Å². The molecule has 1 aromatic carbocycles. The number of carbonyl (C=O) groups excluding carboxylic acids is 2. The topological polar surface area (TPSA) is 40.6 Å². The average Bonchev–Trinajstić information content (AvgIpc) is 2.46. The Morgan fingerprint density at radius 3 is 1.95 bits per heavy atom. The highest BCUT2D eigenvalue weighted by Crippen LogP contribution is 2.36. The maximum absolute atomic E-state index is 12.6. The van der Waals surface area contributed by atoms with Gasteiger partial charge in [0.15, 0.2) is 0 Å². The van der Waals surface area contributed by atoms with E-state index >= 15 is 0 Å². The smallest absolute Gasteiger partial charge is 0.279 e. The first-order chi connectivity index (χ1) is 8.67. The van der Waals surface area contributed by atoms with Crippen molar-refractivity contribution < 1.29 is 9.59 Å². The Kier molecular flexibility index (Phi) is 2.92. The van der Waals surface area contributed by atoms with Crippen molar-refractivity contribution >= 4 is 17.6 Å². The van der Waals surface area contributed by atoms with E-state index in [-0.39, 0.29) is 11.9 Å². The third kappa shape index (κ3) is 2.01. The minimum atomic E-state index is -0.855. The minimum absolute atomic E-state index is 0.158. The predicted octanol–water partition coefficient (Wildman–Crippen LogP) is 3.03. The number of hydrogen-bond donors (Lipinski definition) is 0. The van der Waals surface area contributed by atoms with Crippen molar-refractivity contribution in [2.45, 2.75) is 45.7 Å². The molecule has 1 fully saturated rings. The number of anilines is 1. The molecule has 1 saturated heterocycles. The molecule has 0 spiro atoms. The van der Waals surface area contributed by atoms with Gasteiger partial charge in [0.1, 0.15) is 5.54 Å². The molecular formula is C15H20N2O2. The molecule has 0 aliphatic carbocycles. The number of urea groups is 1. The summed E-state index contributed by atoms with van der Waals surface area (Å²) in [5.74, 6) is -0.158. The molecule has 19 heavy (non-hydrogen) atoms. The standard InChI is InChI=1S/C15H20N2O2/c1-14(2,3)17-12(18)15(4,5)16(13(17)19)11-9-7-6-8-10-11/h6-10H,1-5H3. The first-order valence-corrected chi connectivity index (χ1v) is 6.41. The van der Waals surface area contributed by atoms with Gasteiger partial charge < -0.3 is 0 Å². The van der Waals surface area contributed by atoms with Crippen molar-refractivity contribution in [1.82, 2.24) is 4.90 Å². The van der Waals surface area contributed by atoms with E-state index < -0.39 is 11.1 Å². The average molecular weight is 260 g/mol. The van der Waals surface area contributed by atoms with Crippen LogP contribution in [0.5, 0.6) is 0 Å². The number of benzene rings is 1. The van der Waals surface area contributed by atoms with Crippen molar-refractivity contribution in [3.05, 3.63) is 30.3 Å². The number of nitrogens with zero attached hydrogens (tertiary/aromatic N) is 2. The number of carbonyl (C=O) groups is 2. The molecular weight excluding hydrogens is 240 g/mol. The van der Waals surface area contributed by atoms with Crippen LogP contribution < -0.4 is 4.90 Å². The number of para-hydroxylation sites is 1. The number of rotatable bonds is 1. The van der Waals surface area contributed by atoms with Gasteiger partial charge in [-0.3, -0.25) is 14.6 Å². The van der Waals surface area contributed by atoms with Crippen LogP contribution in [0.15, 0.2) is 30.3 Å². The van der Waals surface area contributed by atoms with E-state index in [9.17, 15) is 9.59 Å². The van der Waals surface area contributed by atoms with E-state index in [0.29, 0.717) is 0 Å². The van der Waals surface area contributed by atoms with Crippen LogP contribution >= 0.6 is 0 Å². The molecule has 0 unspecified atom stereocenters. The summed E-state index contributed by atoms with van der Waals surface area (Å²) in [5, 5.41) is 0. The second kappa shape index (κ2) is 4.08. The molecule has 4 nitrogen and oxygen atoms in total. The Morgan fingerprint density at radius 2 is 1.53 bits per heavy atom. The van der Waals surface area contributed by atoms with Gasteiger partial charge in [-0.15, -0.1) is 0 Å². The number of imide groups is 1. The fourth-order valence-electron chi connectivity index (χ4n) is 2.40. The van der Waals surface area contributed by atoms with Gasteiger partial charge in [-0.1, -0.05) is 18.2 Å². The van der Waals surface area contributed by atoms with Crippen LogP contribution in [0.3, 0.4) is 0 Å². The molecule has 0 radical (unpaired) electrons. The molecule has 2 rings (SSSR count). The Bertz CT molecular complexity index is 515. The Hall–Kier alpha value is -1.84. The van der Waals surface area contributed by atoms with Gasteiger partial charge in [0.25, 0.3) is 5.91 Å². The predicted molar refractivity (Wildman–Crippen MR) is 75.0 cm³/mol. The molecule has 0 atom stereocenters. The van der Waals surface area contributed by atoms with Crippen molar-refractivity contribution in [3.63, 3.8) is 0 Å². The van der Waals surface area contributed by atoms with Gasteiger partial charge in [-0.05, 0) is 46.8 Å². The second-order valence-corrected chi connectivity index (χ2v) is 6.32. The lowest BCUT2D eigenvalue weighted by atomic mass is 10.0. The lowest BCUT2D eigenvalue weighted by Crippen LogP contribution is -2.47. The zero-order valence-electron chi connectivity index (χ0n) is 12.1. The van der Waals surface area contributed by atoms with Crippen molar-refractivity contribution in [2.75, 3.05) is 4.90 Å². The summed E-state index contributed by atoms with van der Waals surface area (Å²) in [4.78, 5) is 28.1. The molecule has 1 aliphatic heterocycles. The third-order valence-corrected chi connectivity index (χ3v) is 3.35. The van der Waals surface area contributed by atoms with Crippen molar-refractivity contribution in [2.24, 2.45) is 0 Å². The lowest BCUT2D eigenvalue weighted by molar-refractivity contribution is -0.133. The molecule has 0 N–H and O–H groups in total.